The summed E-state index contributed by atoms with van der Waals surface area (Å²) in [6, 6.07) is 1.45. The molecule has 3 rings (SSSR count). The quantitative estimate of drug-likeness (QED) is 0.610. The van der Waals surface area contributed by atoms with Gasteiger partial charge >= 0.3 is 0 Å². The van der Waals surface area contributed by atoms with Crippen LogP contribution < -0.4 is 10.6 Å². The maximum Gasteiger partial charge on any atom is 0.191 e. The molecule has 1 unspecified atom stereocenters. The van der Waals surface area contributed by atoms with Crippen molar-refractivity contribution in [3.05, 3.63) is 0 Å². The molecule has 3 fully saturated rings. The molecule has 0 aromatic heterocycles. The average Bonchev–Trinajstić information content (AvgIpc) is 3.06. The lowest BCUT2D eigenvalue weighted by atomic mass is 9.85. The molecule has 114 valence electrons. The van der Waals surface area contributed by atoms with Gasteiger partial charge in [0, 0.05) is 38.8 Å². The van der Waals surface area contributed by atoms with Crippen molar-refractivity contribution in [3.8, 4) is 0 Å². The predicted molar refractivity (Wildman–Crippen MR) is 84.1 cm³/mol. The summed E-state index contributed by atoms with van der Waals surface area (Å²) in [5, 5.41) is 7.12. The third-order valence-electron chi connectivity index (χ3n) is 5.41. The van der Waals surface area contributed by atoms with E-state index in [1.165, 1.54) is 64.5 Å². The van der Waals surface area contributed by atoms with Gasteiger partial charge in [-0.05, 0) is 38.0 Å². The minimum Gasteiger partial charge on any atom is -0.356 e. The van der Waals surface area contributed by atoms with Gasteiger partial charge < -0.3 is 10.6 Å². The number of nitrogens with one attached hydrogen (secondary N) is 2. The Bertz CT molecular complexity index is 331. The second-order valence-electron chi connectivity index (χ2n) is 6.81. The molecule has 3 aliphatic rings. The van der Waals surface area contributed by atoms with E-state index in [9.17, 15) is 0 Å². The standard InChI is InChI=1S/C16H30N4/c1-17-16(18-11-13-5-4-6-13)19-14-9-10-20(12-14)15-7-2-3-8-15/h13-15H,2-12H2,1H3,(H2,17,18,19). The van der Waals surface area contributed by atoms with E-state index in [0.717, 1.165) is 24.5 Å². The van der Waals surface area contributed by atoms with Crippen LogP contribution in [-0.2, 0) is 0 Å². The van der Waals surface area contributed by atoms with E-state index < -0.39 is 0 Å². The van der Waals surface area contributed by atoms with Gasteiger partial charge in [-0.25, -0.2) is 0 Å². The van der Waals surface area contributed by atoms with Crippen molar-refractivity contribution in [2.75, 3.05) is 26.7 Å². The molecule has 1 aliphatic heterocycles. The van der Waals surface area contributed by atoms with Crippen LogP contribution in [0.5, 0.6) is 0 Å². The van der Waals surface area contributed by atoms with Gasteiger partial charge in [0.05, 0.1) is 0 Å². The van der Waals surface area contributed by atoms with Crippen LogP contribution in [0.2, 0.25) is 0 Å². The Morgan fingerprint density at radius 2 is 1.90 bits per heavy atom. The van der Waals surface area contributed by atoms with Crippen LogP contribution in [0.4, 0.5) is 0 Å². The number of nitrogens with zero attached hydrogens (tertiary/aromatic N) is 2. The summed E-state index contributed by atoms with van der Waals surface area (Å²) in [4.78, 5) is 7.08. The van der Waals surface area contributed by atoms with Gasteiger partial charge in [0.25, 0.3) is 0 Å². The van der Waals surface area contributed by atoms with E-state index in [-0.39, 0.29) is 0 Å². The largest absolute Gasteiger partial charge is 0.356 e. The predicted octanol–water partition coefficient (Wildman–Crippen LogP) is 1.97. The van der Waals surface area contributed by atoms with Crippen molar-refractivity contribution in [2.45, 2.75) is 63.5 Å². The molecule has 2 saturated carbocycles. The van der Waals surface area contributed by atoms with E-state index in [0.29, 0.717) is 6.04 Å². The lowest BCUT2D eigenvalue weighted by Crippen LogP contribution is -2.46. The summed E-state index contributed by atoms with van der Waals surface area (Å²) < 4.78 is 0. The molecule has 20 heavy (non-hydrogen) atoms. The first-order valence-electron chi connectivity index (χ1n) is 8.56. The Hall–Kier alpha value is -0.770. The number of rotatable bonds is 4. The number of guanidine groups is 1. The lowest BCUT2D eigenvalue weighted by molar-refractivity contribution is 0.242. The Kier molecular flexibility index (Phi) is 4.81. The summed E-state index contributed by atoms with van der Waals surface area (Å²) in [6.45, 7) is 3.56. The molecule has 1 saturated heterocycles. The maximum absolute atomic E-state index is 4.38. The van der Waals surface area contributed by atoms with Crippen molar-refractivity contribution in [3.63, 3.8) is 0 Å². The first-order chi connectivity index (χ1) is 9.85. The van der Waals surface area contributed by atoms with Gasteiger partial charge in [-0.15, -0.1) is 0 Å². The molecule has 0 amide bonds. The monoisotopic (exact) mass is 278 g/mol. The molecule has 2 aliphatic carbocycles. The van der Waals surface area contributed by atoms with E-state index in [2.05, 4.69) is 20.5 Å². The fourth-order valence-electron chi connectivity index (χ4n) is 3.83. The highest BCUT2D eigenvalue weighted by Gasteiger charge is 2.30. The molecule has 0 bridgehead atoms. The normalized spacial score (nSPS) is 29.6. The fraction of sp³-hybridized carbons (Fsp3) is 0.938. The van der Waals surface area contributed by atoms with Gasteiger partial charge in [-0.1, -0.05) is 19.3 Å². The summed E-state index contributed by atoms with van der Waals surface area (Å²) in [5.74, 6) is 1.89. The molecule has 0 radical (unpaired) electrons. The van der Waals surface area contributed by atoms with Crippen LogP contribution in [-0.4, -0.2) is 49.6 Å². The third-order valence-corrected chi connectivity index (χ3v) is 5.41. The Balaban J connectivity index is 1.40. The van der Waals surface area contributed by atoms with Gasteiger partial charge in [0.1, 0.15) is 0 Å². The highest BCUT2D eigenvalue weighted by atomic mass is 15.3. The van der Waals surface area contributed by atoms with Crippen molar-refractivity contribution in [2.24, 2.45) is 10.9 Å². The summed E-state index contributed by atoms with van der Waals surface area (Å²) >= 11 is 0. The van der Waals surface area contributed by atoms with Gasteiger partial charge in [-0.2, -0.15) is 0 Å². The molecule has 0 aromatic rings. The second-order valence-corrected chi connectivity index (χ2v) is 6.81. The van der Waals surface area contributed by atoms with Crippen molar-refractivity contribution < 1.29 is 0 Å². The zero-order chi connectivity index (χ0) is 13.8. The Morgan fingerprint density at radius 1 is 1.10 bits per heavy atom. The number of hydrogen-bond donors (Lipinski definition) is 2. The van der Waals surface area contributed by atoms with E-state index in [1.807, 2.05) is 7.05 Å². The summed E-state index contributed by atoms with van der Waals surface area (Å²) in [6.07, 6.45) is 11.2. The van der Waals surface area contributed by atoms with Crippen LogP contribution >= 0.6 is 0 Å². The molecular weight excluding hydrogens is 248 g/mol. The topological polar surface area (TPSA) is 39.7 Å². The highest BCUT2D eigenvalue weighted by Crippen LogP contribution is 2.27. The number of likely N-dealkylation sites (tertiary alicyclic amines) is 1. The van der Waals surface area contributed by atoms with Crippen LogP contribution in [0.3, 0.4) is 0 Å². The highest BCUT2D eigenvalue weighted by molar-refractivity contribution is 5.80. The first-order valence-corrected chi connectivity index (χ1v) is 8.56. The maximum atomic E-state index is 4.38. The third kappa shape index (κ3) is 3.46. The SMILES string of the molecule is CN=C(NCC1CCC1)NC1CCN(C2CCCC2)C1. The molecule has 4 heteroatoms. The molecule has 0 aromatic carbocycles. The molecule has 2 N–H and O–H groups in total. The zero-order valence-electron chi connectivity index (χ0n) is 12.9. The van der Waals surface area contributed by atoms with Gasteiger partial charge in [-0.3, -0.25) is 9.89 Å². The van der Waals surface area contributed by atoms with E-state index in [4.69, 9.17) is 0 Å². The van der Waals surface area contributed by atoms with Crippen LogP contribution in [0, 0.1) is 5.92 Å². The smallest absolute Gasteiger partial charge is 0.191 e. The number of aliphatic imine (C=N–C) groups is 1. The van der Waals surface area contributed by atoms with Gasteiger partial charge in [0.15, 0.2) is 5.96 Å². The molecule has 4 nitrogen and oxygen atoms in total. The zero-order valence-corrected chi connectivity index (χ0v) is 12.9. The van der Waals surface area contributed by atoms with E-state index in [1.54, 1.807) is 0 Å². The minimum absolute atomic E-state index is 0.586. The molecule has 1 heterocycles. The fourth-order valence-corrected chi connectivity index (χ4v) is 3.83. The van der Waals surface area contributed by atoms with Crippen molar-refractivity contribution in [1.82, 2.24) is 15.5 Å². The average molecular weight is 278 g/mol. The van der Waals surface area contributed by atoms with Crippen LogP contribution in [0.1, 0.15) is 51.4 Å². The molecule has 0 spiro atoms. The van der Waals surface area contributed by atoms with Crippen LogP contribution in [0.25, 0.3) is 0 Å². The van der Waals surface area contributed by atoms with E-state index >= 15 is 0 Å². The second kappa shape index (κ2) is 6.79. The number of hydrogen-bond acceptors (Lipinski definition) is 2. The summed E-state index contributed by atoms with van der Waals surface area (Å²) in [5.41, 5.74) is 0. The van der Waals surface area contributed by atoms with Crippen molar-refractivity contribution >= 4 is 5.96 Å². The van der Waals surface area contributed by atoms with Crippen molar-refractivity contribution in [1.29, 1.82) is 0 Å². The lowest BCUT2D eigenvalue weighted by Gasteiger charge is -2.27. The van der Waals surface area contributed by atoms with Crippen LogP contribution in [0.15, 0.2) is 4.99 Å². The first kappa shape index (κ1) is 14.2. The van der Waals surface area contributed by atoms with Gasteiger partial charge in [0.2, 0.25) is 0 Å². The molecule has 1 atom stereocenters. The minimum atomic E-state index is 0.586. The Labute approximate surface area is 123 Å². The Morgan fingerprint density at radius 3 is 2.55 bits per heavy atom. The summed E-state index contributed by atoms with van der Waals surface area (Å²) in [7, 11) is 1.89. The molecular formula is C16H30N4.